The van der Waals surface area contributed by atoms with Gasteiger partial charge in [0.1, 0.15) is 0 Å². The van der Waals surface area contributed by atoms with Crippen molar-refractivity contribution in [3.63, 3.8) is 0 Å². The molecular weight excluding hydrogens is 290 g/mol. The summed E-state index contributed by atoms with van der Waals surface area (Å²) >= 11 is 6.02. The SMILES string of the molecule is COc1cc(C(N)c2cccc(Cl)c2)cc(OC)c1OC. The van der Waals surface area contributed by atoms with Gasteiger partial charge in [-0.1, -0.05) is 23.7 Å². The van der Waals surface area contributed by atoms with Crippen molar-refractivity contribution in [2.45, 2.75) is 6.04 Å². The Balaban J connectivity index is 2.48. The minimum atomic E-state index is -0.336. The van der Waals surface area contributed by atoms with Gasteiger partial charge in [-0.3, -0.25) is 0 Å². The lowest BCUT2D eigenvalue weighted by Gasteiger charge is -2.18. The summed E-state index contributed by atoms with van der Waals surface area (Å²) in [6.45, 7) is 0. The van der Waals surface area contributed by atoms with Crippen LogP contribution in [0.1, 0.15) is 17.2 Å². The van der Waals surface area contributed by atoms with Crippen molar-refractivity contribution in [3.05, 3.63) is 52.5 Å². The summed E-state index contributed by atoms with van der Waals surface area (Å²) < 4.78 is 16.0. The molecule has 2 N–H and O–H groups in total. The highest BCUT2D eigenvalue weighted by atomic mass is 35.5. The smallest absolute Gasteiger partial charge is 0.203 e. The number of rotatable bonds is 5. The third-order valence-corrected chi connectivity index (χ3v) is 3.49. The summed E-state index contributed by atoms with van der Waals surface area (Å²) in [5.74, 6) is 1.69. The van der Waals surface area contributed by atoms with Crippen LogP contribution >= 0.6 is 11.6 Å². The molecule has 2 aromatic rings. The minimum absolute atomic E-state index is 0.336. The normalized spacial score (nSPS) is 11.9. The highest BCUT2D eigenvalue weighted by Gasteiger charge is 2.17. The second-order valence-corrected chi connectivity index (χ2v) is 4.93. The lowest BCUT2D eigenvalue weighted by molar-refractivity contribution is 0.323. The maximum atomic E-state index is 6.31. The van der Waals surface area contributed by atoms with Crippen molar-refractivity contribution >= 4 is 11.6 Å². The topological polar surface area (TPSA) is 53.7 Å². The molecule has 2 rings (SSSR count). The van der Waals surface area contributed by atoms with Gasteiger partial charge in [-0.25, -0.2) is 0 Å². The molecule has 0 saturated heterocycles. The molecule has 0 aliphatic heterocycles. The molecule has 0 bridgehead atoms. The van der Waals surface area contributed by atoms with E-state index in [1.807, 2.05) is 36.4 Å². The fraction of sp³-hybridized carbons (Fsp3) is 0.250. The zero-order valence-corrected chi connectivity index (χ0v) is 13.0. The Morgan fingerprint density at radius 3 is 2.00 bits per heavy atom. The maximum Gasteiger partial charge on any atom is 0.203 e. The fourth-order valence-corrected chi connectivity index (χ4v) is 2.37. The molecule has 1 unspecified atom stereocenters. The van der Waals surface area contributed by atoms with Crippen LogP contribution in [0.5, 0.6) is 17.2 Å². The predicted octanol–water partition coefficient (Wildman–Crippen LogP) is 3.41. The monoisotopic (exact) mass is 307 g/mol. The summed E-state index contributed by atoms with van der Waals surface area (Å²) in [6.07, 6.45) is 0. The van der Waals surface area contributed by atoms with E-state index >= 15 is 0 Å². The molecule has 0 radical (unpaired) electrons. The van der Waals surface area contributed by atoms with Crippen molar-refractivity contribution in [2.24, 2.45) is 5.73 Å². The van der Waals surface area contributed by atoms with Crippen LogP contribution in [0.4, 0.5) is 0 Å². The number of hydrogen-bond acceptors (Lipinski definition) is 4. The van der Waals surface area contributed by atoms with Crippen molar-refractivity contribution < 1.29 is 14.2 Å². The number of halogens is 1. The van der Waals surface area contributed by atoms with Crippen LogP contribution in [0.3, 0.4) is 0 Å². The summed E-state index contributed by atoms with van der Waals surface area (Å²) in [5.41, 5.74) is 8.08. The zero-order chi connectivity index (χ0) is 15.4. The Hall–Kier alpha value is -1.91. The molecule has 4 nitrogen and oxygen atoms in total. The van der Waals surface area contributed by atoms with Gasteiger partial charge < -0.3 is 19.9 Å². The van der Waals surface area contributed by atoms with Crippen LogP contribution in [-0.4, -0.2) is 21.3 Å². The van der Waals surface area contributed by atoms with E-state index in [0.29, 0.717) is 22.3 Å². The molecule has 0 fully saturated rings. The van der Waals surface area contributed by atoms with E-state index < -0.39 is 0 Å². The van der Waals surface area contributed by atoms with Gasteiger partial charge in [0.25, 0.3) is 0 Å². The Bertz CT molecular complexity index is 606. The predicted molar refractivity (Wildman–Crippen MR) is 83.6 cm³/mol. The Labute approximate surface area is 129 Å². The second-order valence-electron chi connectivity index (χ2n) is 4.49. The average molecular weight is 308 g/mol. The van der Waals surface area contributed by atoms with Gasteiger partial charge in [-0.05, 0) is 35.4 Å². The van der Waals surface area contributed by atoms with Crippen LogP contribution in [0.15, 0.2) is 36.4 Å². The number of methoxy groups -OCH3 is 3. The van der Waals surface area contributed by atoms with Crippen LogP contribution in [0, 0.1) is 0 Å². The molecule has 21 heavy (non-hydrogen) atoms. The van der Waals surface area contributed by atoms with Crippen molar-refractivity contribution in [1.82, 2.24) is 0 Å². The number of hydrogen-bond donors (Lipinski definition) is 1. The lowest BCUT2D eigenvalue weighted by Crippen LogP contribution is -2.12. The molecule has 0 amide bonds. The maximum absolute atomic E-state index is 6.31. The van der Waals surface area contributed by atoms with E-state index in [0.717, 1.165) is 11.1 Å². The first-order valence-electron chi connectivity index (χ1n) is 6.41. The molecule has 2 aromatic carbocycles. The van der Waals surface area contributed by atoms with Crippen LogP contribution in [0.2, 0.25) is 5.02 Å². The fourth-order valence-electron chi connectivity index (χ4n) is 2.17. The van der Waals surface area contributed by atoms with E-state index in [9.17, 15) is 0 Å². The van der Waals surface area contributed by atoms with E-state index in [1.165, 1.54) is 0 Å². The molecule has 0 aromatic heterocycles. The molecule has 0 spiro atoms. The molecule has 0 saturated carbocycles. The minimum Gasteiger partial charge on any atom is -0.493 e. The summed E-state index contributed by atoms with van der Waals surface area (Å²) in [4.78, 5) is 0. The second kappa shape index (κ2) is 6.70. The third-order valence-electron chi connectivity index (χ3n) is 3.25. The van der Waals surface area contributed by atoms with Gasteiger partial charge in [0.2, 0.25) is 5.75 Å². The summed E-state index contributed by atoms with van der Waals surface area (Å²) in [6, 6.07) is 10.8. The average Bonchev–Trinajstić information content (AvgIpc) is 2.52. The molecule has 0 aliphatic rings. The van der Waals surface area contributed by atoms with Gasteiger partial charge >= 0.3 is 0 Å². The first kappa shape index (κ1) is 15.5. The number of benzene rings is 2. The molecule has 0 heterocycles. The van der Waals surface area contributed by atoms with Crippen LogP contribution in [0.25, 0.3) is 0 Å². The summed E-state index contributed by atoms with van der Waals surface area (Å²) in [5, 5.41) is 0.649. The highest BCUT2D eigenvalue weighted by Crippen LogP contribution is 2.40. The van der Waals surface area contributed by atoms with Gasteiger partial charge in [-0.2, -0.15) is 0 Å². The van der Waals surface area contributed by atoms with Gasteiger partial charge in [0, 0.05) is 5.02 Å². The van der Waals surface area contributed by atoms with Crippen LogP contribution < -0.4 is 19.9 Å². The van der Waals surface area contributed by atoms with Gasteiger partial charge in [0.15, 0.2) is 11.5 Å². The van der Waals surface area contributed by atoms with E-state index in [-0.39, 0.29) is 6.04 Å². The van der Waals surface area contributed by atoms with Gasteiger partial charge in [-0.15, -0.1) is 0 Å². The zero-order valence-electron chi connectivity index (χ0n) is 12.2. The number of nitrogens with two attached hydrogens (primary N) is 1. The Morgan fingerprint density at radius 2 is 1.52 bits per heavy atom. The molecule has 112 valence electrons. The quantitative estimate of drug-likeness (QED) is 0.919. The van der Waals surface area contributed by atoms with Crippen molar-refractivity contribution in [2.75, 3.05) is 21.3 Å². The van der Waals surface area contributed by atoms with E-state index in [2.05, 4.69) is 0 Å². The largest absolute Gasteiger partial charge is 0.493 e. The van der Waals surface area contributed by atoms with E-state index in [1.54, 1.807) is 21.3 Å². The third kappa shape index (κ3) is 3.23. The highest BCUT2D eigenvalue weighted by molar-refractivity contribution is 6.30. The van der Waals surface area contributed by atoms with Crippen molar-refractivity contribution in [1.29, 1.82) is 0 Å². The number of ether oxygens (including phenoxy) is 3. The Kier molecular flexibility index (Phi) is 4.94. The standard InChI is InChI=1S/C16H18ClNO3/c1-19-13-8-11(9-14(20-2)16(13)21-3)15(18)10-5-4-6-12(17)7-10/h4-9,15H,18H2,1-3H3. The van der Waals surface area contributed by atoms with Crippen molar-refractivity contribution in [3.8, 4) is 17.2 Å². The summed E-state index contributed by atoms with van der Waals surface area (Å²) in [7, 11) is 4.72. The first-order valence-corrected chi connectivity index (χ1v) is 6.79. The molecule has 1 atom stereocenters. The first-order chi connectivity index (χ1) is 10.1. The molecular formula is C16H18ClNO3. The van der Waals surface area contributed by atoms with Crippen LogP contribution in [-0.2, 0) is 0 Å². The van der Waals surface area contributed by atoms with E-state index in [4.69, 9.17) is 31.5 Å². The molecule has 5 heteroatoms. The Morgan fingerprint density at radius 1 is 0.905 bits per heavy atom. The lowest BCUT2D eigenvalue weighted by atomic mass is 9.99. The van der Waals surface area contributed by atoms with Gasteiger partial charge in [0.05, 0.1) is 27.4 Å². The molecule has 0 aliphatic carbocycles.